The Morgan fingerprint density at radius 2 is 1.75 bits per heavy atom. The van der Waals surface area contributed by atoms with Gasteiger partial charge in [-0.05, 0) is 50.2 Å². The number of anilines is 1. The van der Waals surface area contributed by atoms with Crippen molar-refractivity contribution in [2.24, 2.45) is 15.3 Å². The molecule has 0 atom stereocenters. The van der Waals surface area contributed by atoms with E-state index in [1.165, 1.54) is 11.3 Å². The second-order valence-electron chi connectivity index (χ2n) is 5.62. The van der Waals surface area contributed by atoms with Gasteiger partial charge in [-0.2, -0.15) is 5.10 Å². The van der Waals surface area contributed by atoms with Crippen LogP contribution in [0.2, 0.25) is 0 Å². The van der Waals surface area contributed by atoms with Crippen LogP contribution >= 0.6 is 27.3 Å². The van der Waals surface area contributed by atoms with E-state index in [0.717, 1.165) is 27.2 Å². The number of aryl methyl sites for hydroxylation is 2. The first kappa shape index (κ1) is 20.2. The lowest BCUT2D eigenvalue weighted by Crippen LogP contribution is -2.03. The largest absolute Gasteiger partial charge is 0.273 e. The Labute approximate surface area is 171 Å². The highest BCUT2D eigenvalue weighted by atomic mass is 79.9. The highest BCUT2D eigenvalue weighted by Gasteiger charge is 2.13. The van der Waals surface area contributed by atoms with Gasteiger partial charge in [0, 0.05) is 14.9 Å². The summed E-state index contributed by atoms with van der Waals surface area (Å²) in [7, 11) is 0. The van der Waals surface area contributed by atoms with Crippen molar-refractivity contribution in [1.82, 2.24) is 4.98 Å². The van der Waals surface area contributed by atoms with Gasteiger partial charge in [0.2, 0.25) is 11.0 Å². The lowest BCUT2D eigenvalue weighted by molar-refractivity contribution is 0.449. The highest BCUT2D eigenvalue weighted by molar-refractivity contribution is 9.10. The van der Waals surface area contributed by atoms with E-state index in [1.54, 1.807) is 24.3 Å². The number of nitrogens with zero attached hydrogens (tertiary/aromatic N) is 4. The molecule has 0 radical (unpaired) electrons. The van der Waals surface area contributed by atoms with Gasteiger partial charge in [0.15, 0.2) is 17.5 Å². The molecule has 0 spiro atoms. The number of benzene rings is 2. The fourth-order valence-corrected chi connectivity index (χ4v) is 3.05. The summed E-state index contributed by atoms with van der Waals surface area (Å²) in [6, 6.07) is 8.85. The molecule has 0 bridgehead atoms. The van der Waals surface area contributed by atoms with Crippen LogP contribution in [-0.2, 0) is 0 Å². The molecular weight excluding hydrogens is 455 g/mol. The first-order valence-electron chi connectivity index (χ1n) is 7.94. The third-order valence-electron chi connectivity index (χ3n) is 3.67. The van der Waals surface area contributed by atoms with Crippen LogP contribution in [0.3, 0.4) is 0 Å². The van der Waals surface area contributed by atoms with Crippen LogP contribution in [0.4, 0.5) is 24.0 Å². The number of hydrogen-bond acceptors (Lipinski definition) is 5. The molecule has 0 aliphatic carbocycles. The maximum absolute atomic E-state index is 13.9. The molecule has 3 aromatic rings. The zero-order valence-electron chi connectivity index (χ0n) is 14.7. The number of aromatic nitrogens is 1. The van der Waals surface area contributed by atoms with Crippen LogP contribution in [0.15, 0.2) is 56.2 Å². The topological polar surface area (TPSA) is 62.0 Å². The van der Waals surface area contributed by atoms with Crippen LogP contribution < -0.4 is 5.43 Å². The lowest BCUT2D eigenvalue weighted by Gasteiger charge is -2.05. The van der Waals surface area contributed by atoms with E-state index in [4.69, 9.17) is 0 Å². The minimum atomic E-state index is -1.58. The summed E-state index contributed by atoms with van der Waals surface area (Å²) < 4.78 is 41.2. The van der Waals surface area contributed by atoms with Crippen molar-refractivity contribution in [3.8, 4) is 0 Å². The minimum absolute atomic E-state index is 0.113. The third kappa shape index (κ3) is 4.63. The number of hydrazone groups is 1. The Kier molecular flexibility index (Phi) is 6.20. The molecule has 0 aliphatic rings. The van der Waals surface area contributed by atoms with Gasteiger partial charge in [-0.15, -0.1) is 10.2 Å². The number of hydrogen-bond donors (Lipinski definition) is 1. The first-order chi connectivity index (χ1) is 13.3. The quantitative estimate of drug-likeness (QED) is 0.156. The van der Waals surface area contributed by atoms with Crippen LogP contribution in [0.5, 0.6) is 0 Å². The molecule has 3 rings (SSSR count). The summed E-state index contributed by atoms with van der Waals surface area (Å²) in [5, 5.41) is 12.6. The lowest BCUT2D eigenvalue weighted by atomic mass is 10.2. The Balaban J connectivity index is 1.94. The van der Waals surface area contributed by atoms with Crippen molar-refractivity contribution in [3.05, 3.63) is 74.5 Å². The van der Waals surface area contributed by atoms with Gasteiger partial charge in [0.05, 0.1) is 11.4 Å². The SMILES string of the molecule is Cc1nc(N=NC(=NNc2ccc(F)c(F)c2F)c2ccc(Br)cc2)sc1C. The predicted molar refractivity (Wildman–Crippen MR) is 107 cm³/mol. The Morgan fingerprint density at radius 3 is 2.39 bits per heavy atom. The number of nitrogens with one attached hydrogen (secondary N) is 1. The zero-order chi connectivity index (χ0) is 20.3. The summed E-state index contributed by atoms with van der Waals surface area (Å²) in [5.41, 5.74) is 3.47. The molecule has 2 aromatic carbocycles. The van der Waals surface area contributed by atoms with Crippen LogP contribution in [0.1, 0.15) is 16.1 Å². The highest BCUT2D eigenvalue weighted by Crippen LogP contribution is 2.25. The van der Waals surface area contributed by atoms with Crippen molar-refractivity contribution in [2.75, 3.05) is 5.43 Å². The normalized spacial score (nSPS) is 12.0. The molecular formula is C18H13BrF3N5S. The van der Waals surface area contributed by atoms with E-state index in [1.807, 2.05) is 13.8 Å². The number of rotatable bonds is 4. The average Bonchev–Trinajstić information content (AvgIpc) is 3.00. The zero-order valence-corrected chi connectivity index (χ0v) is 17.1. The van der Waals surface area contributed by atoms with Gasteiger partial charge in [-0.3, -0.25) is 5.43 Å². The summed E-state index contributed by atoms with van der Waals surface area (Å²) in [6.45, 7) is 3.78. The van der Waals surface area contributed by atoms with Crippen LogP contribution in [-0.4, -0.2) is 10.8 Å². The summed E-state index contributed by atoms with van der Waals surface area (Å²) in [4.78, 5) is 5.28. The number of azo groups is 1. The molecule has 0 fully saturated rings. The average molecular weight is 468 g/mol. The molecule has 144 valence electrons. The molecule has 0 amide bonds. The monoisotopic (exact) mass is 467 g/mol. The van der Waals surface area contributed by atoms with Gasteiger partial charge in [-0.25, -0.2) is 18.2 Å². The van der Waals surface area contributed by atoms with Crippen molar-refractivity contribution in [3.63, 3.8) is 0 Å². The van der Waals surface area contributed by atoms with E-state index in [-0.39, 0.29) is 11.5 Å². The van der Waals surface area contributed by atoms with E-state index >= 15 is 0 Å². The minimum Gasteiger partial charge on any atom is -0.273 e. The summed E-state index contributed by atoms with van der Waals surface area (Å²) in [6.07, 6.45) is 0. The molecule has 0 unspecified atom stereocenters. The fourth-order valence-electron chi connectivity index (χ4n) is 2.06. The predicted octanol–water partition coefficient (Wildman–Crippen LogP) is 6.50. The summed E-state index contributed by atoms with van der Waals surface area (Å²) in [5.74, 6) is -4.13. The van der Waals surface area contributed by atoms with Crippen molar-refractivity contribution < 1.29 is 13.2 Å². The fraction of sp³-hybridized carbons (Fsp3) is 0.111. The standard InChI is InChI=1S/C18H13BrF3N5S/c1-9-10(2)28-18(23-9)27-26-17(11-3-5-12(19)6-4-11)25-24-14-8-7-13(20)15(21)16(14)22/h3-8,24H,1-2H3. The first-order valence-corrected chi connectivity index (χ1v) is 9.55. The van der Waals surface area contributed by atoms with E-state index in [0.29, 0.717) is 10.7 Å². The van der Waals surface area contributed by atoms with Gasteiger partial charge in [-0.1, -0.05) is 27.3 Å². The van der Waals surface area contributed by atoms with Gasteiger partial charge in [0.1, 0.15) is 0 Å². The van der Waals surface area contributed by atoms with E-state index < -0.39 is 17.5 Å². The van der Waals surface area contributed by atoms with E-state index in [9.17, 15) is 13.2 Å². The third-order valence-corrected chi connectivity index (χ3v) is 5.15. The number of amidine groups is 1. The van der Waals surface area contributed by atoms with E-state index in [2.05, 4.69) is 41.7 Å². The molecule has 1 heterocycles. The maximum atomic E-state index is 13.9. The summed E-state index contributed by atoms with van der Waals surface area (Å²) >= 11 is 4.71. The molecule has 1 N–H and O–H groups in total. The molecule has 0 saturated carbocycles. The molecule has 0 saturated heterocycles. The van der Waals surface area contributed by atoms with Gasteiger partial charge in [0.25, 0.3) is 0 Å². The smallest absolute Gasteiger partial charge is 0.230 e. The van der Waals surface area contributed by atoms with Gasteiger partial charge >= 0.3 is 0 Å². The molecule has 0 aliphatic heterocycles. The van der Waals surface area contributed by atoms with Crippen molar-refractivity contribution >= 4 is 43.9 Å². The van der Waals surface area contributed by atoms with Crippen LogP contribution in [0, 0.1) is 31.3 Å². The molecule has 1 aromatic heterocycles. The van der Waals surface area contributed by atoms with Crippen molar-refractivity contribution in [1.29, 1.82) is 0 Å². The molecule has 28 heavy (non-hydrogen) atoms. The Hall–Kier alpha value is -2.59. The van der Waals surface area contributed by atoms with Crippen LogP contribution in [0.25, 0.3) is 0 Å². The Bertz CT molecular complexity index is 1040. The number of thiazole rings is 1. The Morgan fingerprint density at radius 1 is 1.04 bits per heavy atom. The number of halogens is 4. The van der Waals surface area contributed by atoms with Crippen molar-refractivity contribution in [2.45, 2.75) is 13.8 Å². The molecule has 5 nitrogen and oxygen atoms in total. The maximum Gasteiger partial charge on any atom is 0.230 e. The second kappa shape index (κ2) is 8.61. The second-order valence-corrected chi connectivity index (χ2v) is 7.71. The van der Waals surface area contributed by atoms with Gasteiger partial charge < -0.3 is 0 Å². The molecule has 10 heteroatoms.